The van der Waals surface area contributed by atoms with Crippen LogP contribution in [0.2, 0.25) is 0 Å². The SMILES string of the molecule is C#CC(C)(C)C.C#CC(C)(C)O.C1=COCCC1. The molecule has 0 aliphatic carbocycles. The quantitative estimate of drug-likeness (QED) is 0.668. The van der Waals surface area contributed by atoms with Gasteiger partial charge < -0.3 is 9.84 Å². The van der Waals surface area contributed by atoms with Crippen LogP contribution < -0.4 is 0 Å². The summed E-state index contributed by atoms with van der Waals surface area (Å²) < 4.78 is 4.89. The van der Waals surface area contributed by atoms with Crippen molar-refractivity contribution < 1.29 is 9.84 Å². The second-order valence-corrected chi connectivity index (χ2v) is 5.48. The van der Waals surface area contributed by atoms with E-state index in [1.165, 1.54) is 12.8 Å². The molecule has 0 bridgehead atoms. The fourth-order valence-electron chi connectivity index (χ4n) is 0.489. The average molecular weight is 250 g/mol. The molecule has 1 aliphatic heterocycles. The van der Waals surface area contributed by atoms with Crippen molar-refractivity contribution >= 4 is 0 Å². The molecule has 1 N–H and O–H groups in total. The lowest BCUT2D eigenvalue weighted by molar-refractivity contribution is 0.144. The second-order valence-electron chi connectivity index (χ2n) is 5.48. The minimum absolute atomic E-state index is 0.0694. The van der Waals surface area contributed by atoms with E-state index in [1.807, 2.05) is 26.8 Å². The summed E-state index contributed by atoms with van der Waals surface area (Å²) in [4.78, 5) is 0. The summed E-state index contributed by atoms with van der Waals surface area (Å²) in [5, 5.41) is 8.59. The smallest absolute Gasteiger partial charge is 0.119 e. The molecule has 0 radical (unpaired) electrons. The summed E-state index contributed by atoms with van der Waals surface area (Å²) in [6.07, 6.45) is 16.1. The standard InChI is InChI=1S/C6H10.2C5H8O/c1-5-6(2,3)4;1-2-4-6-5-3-1;1-4-5(2,3)6/h1H,2-4H3;2,4H,1,3,5H2;1,6H,2-3H3. The Morgan fingerprint density at radius 2 is 1.56 bits per heavy atom. The number of allylic oxidation sites excluding steroid dienone is 1. The second kappa shape index (κ2) is 9.63. The van der Waals surface area contributed by atoms with Crippen LogP contribution in [0.4, 0.5) is 0 Å². The van der Waals surface area contributed by atoms with Crippen LogP contribution in [0.25, 0.3) is 0 Å². The number of ether oxygens (including phenoxy) is 1. The first-order chi connectivity index (χ1) is 8.12. The largest absolute Gasteiger partial charge is 0.502 e. The zero-order valence-corrected chi connectivity index (χ0v) is 12.3. The van der Waals surface area contributed by atoms with Crippen LogP contribution in [0, 0.1) is 30.1 Å². The fourth-order valence-corrected chi connectivity index (χ4v) is 0.489. The van der Waals surface area contributed by atoms with Crippen LogP contribution in [-0.4, -0.2) is 17.3 Å². The summed E-state index contributed by atoms with van der Waals surface area (Å²) in [5.74, 6) is 4.76. The molecule has 102 valence electrons. The lowest BCUT2D eigenvalue weighted by atomic mass is 9.99. The van der Waals surface area contributed by atoms with Gasteiger partial charge in [-0.05, 0) is 53.5 Å². The summed E-state index contributed by atoms with van der Waals surface area (Å²) in [6, 6.07) is 0. The van der Waals surface area contributed by atoms with E-state index in [-0.39, 0.29) is 5.41 Å². The highest BCUT2D eigenvalue weighted by Gasteiger charge is 2.03. The Balaban J connectivity index is 0. The molecular formula is C16H26O2. The number of terminal acetylenes is 2. The molecule has 1 heterocycles. The zero-order chi connectivity index (χ0) is 14.7. The van der Waals surface area contributed by atoms with E-state index in [2.05, 4.69) is 11.8 Å². The number of rotatable bonds is 0. The van der Waals surface area contributed by atoms with E-state index < -0.39 is 5.60 Å². The molecule has 1 aliphatic rings. The van der Waals surface area contributed by atoms with Crippen molar-refractivity contribution in [3.8, 4) is 24.7 Å². The minimum Gasteiger partial charge on any atom is -0.502 e. The Morgan fingerprint density at radius 3 is 1.61 bits per heavy atom. The van der Waals surface area contributed by atoms with Crippen molar-refractivity contribution in [1.29, 1.82) is 0 Å². The molecule has 0 saturated heterocycles. The first-order valence-corrected chi connectivity index (χ1v) is 6.07. The number of aliphatic hydroxyl groups is 1. The van der Waals surface area contributed by atoms with Gasteiger partial charge in [-0.25, -0.2) is 0 Å². The Morgan fingerprint density at radius 1 is 1.11 bits per heavy atom. The molecule has 2 nitrogen and oxygen atoms in total. The van der Waals surface area contributed by atoms with E-state index in [1.54, 1.807) is 20.1 Å². The highest BCUT2D eigenvalue weighted by Crippen LogP contribution is 2.08. The van der Waals surface area contributed by atoms with Crippen molar-refractivity contribution in [2.75, 3.05) is 6.61 Å². The third kappa shape index (κ3) is 24.0. The maximum Gasteiger partial charge on any atom is 0.119 e. The maximum atomic E-state index is 8.59. The van der Waals surface area contributed by atoms with Gasteiger partial charge in [0, 0.05) is 5.41 Å². The molecule has 18 heavy (non-hydrogen) atoms. The average Bonchev–Trinajstić information content (AvgIpc) is 2.31. The zero-order valence-electron chi connectivity index (χ0n) is 12.3. The first-order valence-electron chi connectivity index (χ1n) is 6.07. The summed E-state index contributed by atoms with van der Waals surface area (Å²) in [7, 11) is 0. The maximum absolute atomic E-state index is 8.59. The van der Waals surface area contributed by atoms with Gasteiger partial charge in [0.2, 0.25) is 0 Å². The molecular weight excluding hydrogens is 224 g/mol. The number of hydrogen-bond donors (Lipinski definition) is 1. The van der Waals surface area contributed by atoms with E-state index >= 15 is 0 Å². The van der Waals surface area contributed by atoms with Crippen LogP contribution >= 0.6 is 0 Å². The Kier molecular flexibility index (Phi) is 10.1. The molecule has 0 aromatic heterocycles. The highest BCUT2D eigenvalue weighted by molar-refractivity contribution is 5.00. The number of hydrogen-bond acceptors (Lipinski definition) is 2. The molecule has 0 aromatic rings. The molecule has 2 heteroatoms. The van der Waals surface area contributed by atoms with Crippen molar-refractivity contribution in [1.82, 2.24) is 0 Å². The van der Waals surface area contributed by atoms with Gasteiger partial charge in [0.1, 0.15) is 5.60 Å². The normalized spacial score (nSPS) is 13.6. The van der Waals surface area contributed by atoms with Gasteiger partial charge in [-0.3, -0.25) is 0 Å². The van der Waals surface area contributed by atoms with Crippen molar-refractivity contribution in [2.45, 2.75) is 53.1 Å². The fraction of sp³-hybridized carbons (Fsp3) is 0.625. The molecule has 1 rings (SSSR count). The summed E-state index contributed by atoms with van der Waals surface area (Å²) in [5.41, 5.74) is -0.861. The van der Waals surface area contributed by atoms with Gasteiger partial charge in [-0.15, -0.1) is 18.8 Å². The van der Waals surface area contributed by atoms with Crippen LogP contribution in [0.1, 0.15) is 47.5 Å². The molecule has 0 amide bonds. The van der Waals surface area contributed by atoms with E-state index in [0.29, 0.717) is 0 Å². The first kappa shape index (κ1) is 19.0. The summed E-state index contributed by atoms with van der Waals surface area (Å²) >= 11 is 0. The Bertz CT molecular complexity index is 268. The van der Waals surface area contributed by atoms with Crippen LogP contribution in [-0.2, 0) is 4.74 Å². The Hall–Kier alpha value is -1.38. The highest BCUT2D eigenvalue weighted by atomic mass is 16.5. The topological polar surface area (TPSA) is 29.5 Å². The lowest BCUT2D eigenvalue weighted by Gasteiger charge is -2.04. The van der Waals surface area contributed by atoms with Gasteiger partial charge in [0.15, 0.2) is 0 Å². The van der Waals surface area contributed by atoms with Gasteiger partial charge in [0.05, 0.1) is 12.9 Å². The predicted octanol–water partition coefficient (Wildman–Crippen LogP) is 3.37. The van der Waals surface area contributed by atoms with Gasteiger partial charge in [0.25, 0.3) is 0 Å². The minimum atomic E-state index is -0.931. The van der Waals surface area contributed by atoms with Crippen molar-refractivity contribution in [3.05, 3.63) is 12.3 Å². The van der Waals surface area contributed by atoms with Crippen molar-refractivity contribution in [3.63, 3.8) is 0 Å². The van der Waals surface area contributed by atoms with E-state index in [0.717, 1.165) is 6.61 Å². The van der Waals surface area contributed by atoms with E-state index in [4.69, 9.17) is 22.7 Å². The Labute approximate surface area is 112 Å². The van der Waals surface area contributed by atoms with Crippen LogP contribution in [0.15, 0.2) is 12.3 Å². The van der Waals surface area contributed by atoms with E-state index in [9.17, 15) is 0 Å². The third-order valence-electron chi connectivity index (χ3n) is 1.61. The van der Waals surface area contributed by atoms with Crippen LogP contribution in [0.3, 0.4) is 0 Å². The third-order valence-corrected chi connectivity index (χ3v) is 1.61. The molecule has 0 aromatic carbocycles. The monoisotopic (exact) mass is 250 g/mol. The molecule has 0 saturated carbocycles. The molecule has 0 spiro atoms. The van der Waals surface area contributed by atoms with Gasteiger partial charge in [-0.2, -0.15) is 0 Å². The van der Waals surface area contributed by atoms with Gasteiger partial charge in [-0.1, -0.05) is 5.92 Å². The molecule has 0 atom stereocenters. The van der Waals surface area contributed by atoms with Crippen LogP contribution in [0.5, 0.6) is 0 Å². The summed E-state index contributed by atoms with van der Waals surface area (Å²) in [6.45, 7) is 10.1. The van der Waals surface area contributed by atoms with Crippen molar-refractivity contribution in [2.24, 2.45) is 5.41 Å². The molecule has 0 fully saturated rings. The van der Waals surface area contributed by atoms with Gasteiger partial charge >= 0.3 is 0 Å². The molecule has 0 unspecified atom stereocenters. The lowest BCUT2D eigenvalue weighted by Crippen LogP contribution is -2.13. The predicted molar refractivity (Wildman–Crippen MR) is 77.7 cm³/mol.